The standard InChI is InChI=1S/C15H29NO4/c1-4-5-6-8-12(18)9-7-10-16-14(20)13(19)15(2,3)11-17/h13,17,19H,4-11H2,1-3H3,(H,16,20)/t13-/m0/s1. The summed E-state index contributed by atoms with van der Waals surface area (Å²) in [5.74, 6) is -0.272. The van der Waals surface area contributed by atoms with Crippen molar-refractivity contribution in [3.05, 3.63) is 0 Å². The third-order valence-electron chi connectivity index (χ3n) is 3.39. The highest BCUT2D eigenvalue weighted by Gasteiger charge is 2.32. The molecule has 0 aliphatic rings. The fraction of sp³-hybridized carbons (Fsp3) is 0.867. The van der Waals surface area contributed by atoms with Gasteiger partial charge in [0.1, 0.15) is 11.9 Å². The molecular formula is C15H29NO4. The molecule has 0 aromatic heterocycles. The maximum Gasteiger partial charge on any atom is 0.249 e. The van der Waals surface area contributed by atoms with E-state index >= 15 is 0 Å². The molecule has 0 aliphatic heterocycles. The van der Waals surface area contributed by atoms with E-state index in [4.69, 9.17) is 5.11 Å². The van der Waals surface area contributed by atoms with Crippen LogP contribution in [0.2, 0.25) is 0 Å². The second-order valence-corrected chi connectivity index (χ2v) is 5.94. The summed E-state index contributed by atoms with van der Waals surface area (Å²) in [5.41, 5.74) is -0.861. The highest BCUT2D eigenvalue weighted by molar-refractivity contribution is 5.81. The minimum absolute atomic E-state index is 0.226. The summed E-state index contributed by atoms with van der Waals surface area (Å²) in [6, 6.07) is 0. The van der Waals surface area contributed by atoms with Crippen LogP contribution in [-0.2, 0) is 9.59 Å². The number of hydrogen-bond acceptors (Lipinski definition) is 4. The lowest BCUT2D eigenvalue weighted by molar-refractivity contribution is -0.137. The first kappa shape index (κ1) is 19.1. The number of nitrogens with one attached hydrogen (secondary N) is 1. The Morgan fingerprint density at radius 2 is 1.75 bits per heavy atom. The molecule has 0 bridgehead atoms. The van der Waals surface area contributed by atoms with E-state index in [0.717, 1.165) is 19.3 Å². The van der Waals surface area contributed by atoms with Crippen LogP contribution in [0.15, 0.2) is 0 Å². The van der Waals surface area contributed by atoms with E-state index < -0.39 is 17.4 Å². The highest BCUT2D eigenvalue weighted by Crippen LogP contribution is 2.19. The van der Waals surface area contributed by atoms with Crippen molar-refractivity contribution in [2.75, 3.05) is 13.2 Å². The van der Waals surface area contributed by atoms with Crippen LogP contribution in [0.5, 0.6) is 0 Å². The number of unbranched alkanes of at least 4 members (excludes halogenated alkanes) is 2. The van der Waals surface area contributed by atoms with Crippen LogP contribution in [0.1, 0.15) is 59.3 Å². The van der Waals surface area contributed by atoms with E-state index in [0.29, 0.717) is 25.8 Å². The molecule has 0 unspecified atom stereocenters. The third-order valence-corrected chi connectivity index (χ3v) is 3.39. The van der Waals surface area contributed by atoms with Gasteiger partial charge in [0.05, 0.1) is 6.61 Å². The average molecular weight is 287 g/mol. The van der Waals surface area contributed by atoms with Crippen LogP contribution < -0.4 is 5.32 Å². The van der Waals surface area contributed by atoms with Crippen molar-refractivity contribution < 1.29 is 19.8 Å². The Bertz CT molecular complexity index is 302. The Labute approximate surface area is 121 Å². The van der Waals surface area contributed by atoms with Crippen molar-refractivity contribution in [2.24, 2.45) is 5.41 Å². The van der Waals surface area contributed by atoms with Gasteiger partial charge in [-0.15, -0.1) is 0 Å². The van der Waals surface area contributed by atoms with Crippen LogP contribution >= 0.6 is 0 Å². The normalized spacial score (nSPS) is 13.1. The van der Waals surface area contributed by atoms with Gasteiger partial charge in [-0.3, -0.25) is 9.59 Å². The minimum Gasteiger partial charge on any atom is -0.396 e. The molecule has 0 aromatic carbocycles. The first-order valence-corrected chi connectivity index (χ1v) is 7.43. The molecule has 0 spiro atoms. The summed E-state index contributed by atoms with van der Waals surface area (Å²) in [4.78, 5) is 23.2. The van der Waals surface area contributed by atoms with Crippen molar-refractivity contribution in [2.45, 2.75) is 65.4 Å². The molecule has 20 heavy (non-hydrogen) atoms. The van der Waals surface area contributed by atoms with Gasteiger partial charge in [-0.2, -0.15) is 0 Å². The molecule has 118 valence electrons. The van der Waals surface area contributed by atoms with Crippen LogP contribution in [-0.4, -0.2) is 41.2 Å². The Morgan fingerprint density at radius 3 is 2.30 bits per heavy atom. The monoisotopic (exact) mass is 287 g/mol. The van der Waals surface area contributed by atoms with Crippen molar-refractivity contribution in [3.63, 3.8) is 0 Å². The van der Waals surface area contributed by atoms with Gasteiger partial charge >= 0.3 is 0 Å². The molecule has 0 rings (SSSR count). The SMILES string of the molecule is CCCCCC(=O)CCCNC(=O)[C@H](O)C(C)(C)CO. The quantitative estimate of drug-likeness (QED) is 0.501. The number of amides is 1. The molecule has 0 aromatic rings. The first-order valence-electron chi connectivity index (χ1n) is 7.43. The second kappa shape index (κ2) is 9.88. The smallest absolute Gasteiger partial charge is 0.249 e. The second-order valence-electron chi connectivity index (χ2n) is 5.94. The molecule has 3 N–H and O–H groups in total. The zero-order chi connectivity index (χ0) is 15.6. The van der Waals surface area contributed by atoms with E-state index in [9.17, 15) is 14.7 Å². The number of carbonyl (C=O) groups is 2. The first-order chi connectivity index (χ1) is 9.35. The molecular weight excluding hydrogens is 258 g/mol. The summed E-state index contributed by atoms with van der Waals surface area (Å²) < 4.78 is 0. The molecule has 0 radical (unpaired) electrons. The maximum atomic E-state index is 11.6. The topological polar surface area (TPSA) is 86.6 Å². The van der Waals surface area contributed by atoms with Gasteiger partial charge in [-0.05, 0) is 12.8 Å². The van der Waals surface area contributed by atoms with E-state index in [2.05, 4.69) is 12.2 Å². The molecule has 0 saturated carbocycles. The van der Waals surface area contributed by atoms with Crippen molar-refractivity contribution in [1.29, 1.82) is 0 Å². The zero-order valence-corrected chi connectivity index (χ0v) is 12.9. The molecule has 0 fully saturated rings. The largest absolute Gasteiger partial charge is 0.396 e. The van der Waals surface area contributed by atoms with Gasteiger partial charge in [0.15, 0.2) is 0 Å². The number of aliphatic hydroxyl groups excluding tert-OH is 2. The van der Waals surface area contributed by atoms with Crippen LogP contribution in [0.4, 0.5) is 0 Å². The number of carbonyl (C=O) groups excluding carboxylic acids is 2. The summed E-state index contributed by atoms with van der Waals surface area (Å²) in [6.45, 7) is 5.44. The molecule has 5 nitrogen and oxygen atoms in total. The fourth-order valence-electron chi connectivity index (χ4n) is 1.73. The zero-order valence-electron chi connectivity index (χ0n) is 12.9. The van der Waals surface area contributed by atoms with Gasteiger partial charge in [0.2, 0.25) is 5.91 Å². The number of rotatable bonds is 11. The van der Waals surface area contributed by atoms with E-state index in [1.807, 2.05) is 0 Å². The van der Waals surface area contributed by atoms with Gasteiger partial charge in [0.25, 0.3) is 0 Å². The lowest BCUT2D eigenvalue weighted by atomic mass is 9.87. The van der Waals surface area contributed by atoms with Crippen LogP contribution in [0, 0.1) is 5.41 Å². The lowest BCUT2D eigenvalue weighted by Gasteiger charge is -2.27. The highest BCUT2D eigenvalue weighted by atomic mass is 16.3. The van der Waals surface area contributed by atoms with Crippen molar-refractivity contribution >= 4 is 11.7 Å². The fourth-order valence-corrected chi connectivity index (χ4v) is 1.73. The summed E-state index contributed by atoms with van der Waals surface area (Å²) in [7, 11) is 0. The average Bonchev–Trinajstić information content (AvgIpc) is 2.42. The van der Waals surface area contributed by atoms with Gasteiger partial charge in [-0.25, -0.2) is 0 Å². The molecule has 1 atom stereocenters. The van der Waals surface area contributed by atoms with E-state index in [1.54, 1.807) is 13.8 Å². The Balaban J connectivity index is 3.79. The van der Waals surface area contributed by atoms with Crippen molar-refractivity contribution in [3.8, 4) is 0 Å². The maximum absolute atomic E-state index is 11.6. The molecule has 1 amide bonds. The molecule has 0 saturated heterocycles. The number of aliphatic hydroxyl groups is 2. The minimum atomic E-state index is -1.24. The Hall–Kier alpha value is -0.940. The molecule has 0 aliphatic carbocycles. The van der Waals surface area contributed by atoms with E-state index in [1.165, 1.54) is 0 Å². The Morgan fingerprint density at radius 1 is 1.15 bits per heavy atom. The molecule has 0 heterocycles. The number of hydrogen-bond donors (Lipinski definition) is 3. The predicted molar refractivity (Wildman–Crippen MR) is 78.3 cm³/mol. The van der Waals surface area contributed by atoms with Crippen LogP contribution in [0.3, 0.4) is 0 Å². The molecule has 5 heteroatoms. The summed E-state index contributed by atoms with van der Waals surface area (Å²) >= 11 is 0. The van der Waals surface area contributed by atoms with E-state index in [-0.39, 0.29) is 12.4 Å². The lowest BCUT2D eigenvalue weighted by Crippen LogP contribution is -2.45. The van der Waals surface area contributed by atoms with Gasteiger partial charge in [0, 0.05) is 24.8 Å². The number of Topliss-reactive ketones (excluding diaryl/α,β-unsaturated/α-hetero) is 1. The number of ketones is 1. The van der Waals surface area contributed by atoms with Crippen molar-refractivity contribution in [1.82, 2.24) is 5.32 Å². The third kappa shape index (κ3) is 7.60. The Kier molecular flexibility index (Phi) is 9.42. The predicted octanol–water partition coefficient (Wildman–Crippen LogP) is 1.41. The summed E-state index contributed by atoms with van der Waals surface area (Å²) in [6.07, 6.45) is 3.53. The van der Waals surface area contributed by atoms with Crippen LogP contribution in [0.25, 0.3) is 0 Å². The summed E-state index contributed by atoms with van der Waals surface area (Å²) in [5, 5.41) is 21.4. The van der Waals surface area contributed by atoms with Gasteiger partial charge in [-0.1, -0.05) is 33.6 Å². The van der Waals surface area contributed by atoms with Gasteiger partial charge < -0.3 is 15.5 Å².